The molecule has 0 aromatic carbocycles. The molecule has 2 saturated heterocycles. The quantitative estimate of drug-likeness (QED) is 0.797. The molecule has 3 heterocycles. The van der Waals surface area contributed by atoms with Crippen molar-refractivity contribution < 1.29 is 14.3 Å². The Bertz CT molecular complexity index is 699. The molecular weight excluding hydrogens is 298 g/mol. The van der Waals surface area contributed by atoms with E-state index >= 15 is 0 Å². The summed E-state index contributed by atoms with van der Waals surface area (Å²) in [5.74, 6) is -0.424. The Morgan fingerprint density at radius 3 is 2.91 bits per heavy atom. The number of pyridine rings is 1. The minimum absolute atomic E-state index is 0.0373. The van der Waals surface area contributed by atoms with Crippen LogP contribution in [0.4, 0.5) is 0 Å². The molecule has 124 valence electrons. The van der Waals surface area contributed by atoms with Gasteiger partial charge in [-0.15, -0.1) is 0 Å². The first-order valence-electron chi connectivity index (χ1n) is 7.77. The highest BCUT2D eigenvalue weighted by Gasteiger charge is 2.54. The van der Waals surface area contributed by atoms with Crippen LogP contribution in [-0.4, -0.2) is 55.0 Å². The monoisotopic (exact) mass is 319 g/mol. The van der Waals surface area contributed by atoms with E-state index in [0.29, 0.717) is 38.4 Å². The third kappa shape index (κ3) is 2.55. The number of nitrogens with zero attached hydrogens (tertiary/aromatic N) is 1. The average Bonchev–Trinajstić information content (AvgIpc) is 2.94. The van der Waals surface area contributed by atoms with Crippen LogP contribution in [0.2, 0.25) is 0 Å². The molecule has 2 aliphatic rings. The summed E-state index contributed by atoms with van der Waals surface area (Å²) >= 11 is 0. The number of rotatable bonds is 2. The largest absolute Gasteiger partial charge is 0.381 e. The van der Waals surface area contributed by atoms with Crippen LogP contribution in [0.1, 0.15) is 22.5 Å². The number of carbonyl (C=O) groups excluding carboxylic acids is 2. The van der Waals surface area contributed by atoms with E-state index in [1.165, 1.54) is 0 Å². The fourth-order valence-corrected chi connectivity index (χ4v) is 3.64. The van der Waals surface area contributed by atoms with Gasteiger partial charge in [-0.25, -0.2) is 0 Å². The Balaban J connectivity index is 1.89. The number of H-pyrrole nitrogens is 1. The Labute approximate surface area is 134 Å². The number of nitrogens with one attached hydrogen (secondary N) is 2. The highest BCUT2D eigenvalue weighted by molar-refractivity contribution is 5.95. The summed E-state index contributed by atoms with van der Waals surface area (Å²) in [6, 6.07) is 3.25. The number of ether oxygens (including phenoxy) is 1. The van der Waals surface area contributed by atoms with Gasteiger partial charge in [0.1, 0.15) is 5.56 Å². The van der Waals surface area contributed by atoms with E-state index in [-0.39, 0.29) is 23.3 Å². The SMILES string of the molecule is CNC(=O)[C@]12CCOC[C@H]1CN(C(=O)c1ccc(C)[nH]c1=O)C2. The van der Waals surface area contributed by atoms with Gasteiger partial charge in [0.15, 0.2) is 0 Å². The first-order valence-corrected chi connectivity index (χ1v) is 7.77. The zero-order valence-corrected chi connectivity index (χ0v) is 13.3. The van der Waals surface area contributed by atoms with Gasteiger partial charge in [-0.05, 0) is 25.5 Å². The van der Waals surface area contributed by atoms with Gasteiger partial charge in [0, 0.05) is 38.4 Å². The fourth-order valence-electron chi connectivity index (χ4n) is 3.64. The molecule has 2 amide bonds. The fraction of sp³-hybridized carbons (Fsp3) is 0.562. The number of fused-ring (bicyclic) bond motifs is 1. The van der Waals surface area contributed by atoms with Crippen molar-refractivity contribution >= 4 is 11.8 Å². The molecule has 0 unspecified atom stereocenters. The van der Waals surface area contributed by atoms with Gasteiger partial charge >= 0.3 is 0 Å². The third-order valence-corrected chi connectivity index (χ3v) is 4.96. The van der Waals surface area contributed by atoms with Gasteiger partial charge in [0.2, 0.25) is 5.91 Å². The highest BCUT2D eigenvalue weighted by atomic mass is 16.5. The van der Waals surface area contributed by atoms with Crippen LogP contribution in [0, 0.1) is 18.3 Å². The Kier molecular flexibility index (Phi) is 3.97. The number of likely N-dealkylation sites (tertiary alicyclic amines) is 1. The van der Waals surface area contributed by atoms with Crippen LogP contribution in [0.25, 0.3) is 0 Å². The molecule has 3 rings (SSSR count). The molecule has 0 spiro atoms. The van der Waals surface area contributed by atoms with Gasteiger partial charge in [-0.1, -0.05) is 0 Å². The molecule has 7 nitrogen and oxygen atoms in total. The van der Waals surface area contributed by atoms with Gasteiger partial charge in [-0.2, -0.15) is 0 Å². The first kappa shape index (κ1) is 15.7. The molecule has 2 aliphatic heterocycles. The molecule has 2 fully saturated rings. The summed E-state index contributed by atoms with van der Waals surface area (Å²) in [7, 11) is 1.61. The molecule has 0 saturated carbocycles. The third-order valence-electron chi connectivity index (χ3n) is 4.96. The van der Waals surface area contributed by atoms with Crippen molar-refractivity contribution in [2.75, 3.05) is 33.4 Å². The van der Waals surface area contributed by atoms with E-state index in [2.05, 4.69) is 10.3 Å². The van der Waals surface area contributed by atoms with Crippen LogP contribution in [0.3, 0.4) is 0 Å². The number of aromatic nitrogens is 1. The van der Waals surface area contributed by atoms with Crippen molar-refractivity contribution in [1.29, 1.82) is 0 Å². The predicted octanol–water partition coefficient (Wildman–Crippen LogP) is -0.0920. The normalized spacial score (nSPS) is 26.7. The number of aromatic amines is 1. The molecule has 2 atom stereocenters. The van der Waals surface area contributed by atoms with Crippen molar-refractivity contribution in [1.82, 2.24) is 15.2 Å². The van der Waals surface area contributed by atoms with Crippen molar-refractivity contribution in [3.8, 4) is 0 Å². The van der Waals surface area contributed by atoms with Gasteiger partial charge in [0.25, 0.3) is 11.5 Å². The topological polar surface area (TPSA) is 91.5 Å². The van der Waals surface area contributed by atoms with Crippen molar-refractivity contribution in [3.05, 3.63) is 33.7 Å². The maximum Gasteiger partial charge on any atom is 0.260 e. The number of amides is 2. The van der Waals surface area contributed by atoms with Gasteiger partial charge < -0.3 is 19.9 Å². The van der Waals surface area contributed by atoms with Gasteiger partial charge in [0.05, 0.1) is 12.0 Å². The maximum atomic E-state index is 12.7. The molecular formula is C16H21N3O4. The van der Waals surface area contributed by atoms with E-state index in [1.807, 2.05) is 0 Å². The lowest BCUT2D eigenvalue weighted by Crippen LogP contribution is -2.49. The summed E-state index contributed by atoms with van der Waals surface area (Å²) < 4.78 is 5.49. The van der Waals surface area contributed by atoms with E-state index in [0.717, 1.165) is 0 Å². The number of carbonyl (C=O) groups is 2. The minimum atomic E-state index is -0.611. The Morgan fingerprint density at radius 2 is 2.22 bits per heavy atom. The van der Waals surface area contributed by atoms with E-state index < -0.39 is 11.0 Å². The molecule has 1 aromatic rings. The van der Waals surface area contributed by atoms with Crippen molar-refractivity contribution in [3.63, 3.8) is 0 Å². The lowest BCUT2D eigenvalue weighted by molar-refractivity contribution is -0.138. The maximum absolute atomic E-state index is 12.7. The van der Waals surface area contributed by atoms with Crippen molar-refractivity contribution in [2.24, 2.45) is 11.3 Å². The molecule has 23 heavy (non-hydrogen) atoms. The molecule has 1 aromatic heterocycles. The second-order valence-electron chi connectivity index (χ2n) is 6.33. The van der Waals surface area contributed by atoms with Crippen LogP contribution in [0.5, 0.6) is 0 Å². The standard InChI is InChI=1S/C16H21N3O4/c1-10-3-4-12(13(20)18-10)14(21)19-7-11-8-23-6-5-16(11,9-19)15(22)17-2/h3-4,11H,5-9H2,1-2H3,(H,17,22)(H,18,20)/t11-,16+/m1/s1. The number of hydrogen-bond donors (Lipinski definition) is 2. The van der Waals surface area contributed by atoms with Crippen molar-refractivity contribution in [2.45, 2.75) is 13.3 Å². The summed E-state index contributed by atoms with van der Waals surface area (Å²) in [5, 5.41) is 2.71. The summed E-state index contributed by atoms with van der Waals surface area (Å²) in [6.07, 6.45) is 0.589. The van der Waals surface area contributed by atoms with Gasteiger partial charge in [-0.3, -0.25) is 14.4 Å². The number of hydrogen-bond acceptors (Lipinski definition) is 4. The van der Waals surface area contributed by atoms with E-state index in [1.54, 1.807) is 31.0 Å². The molecule has 2 N–H and O–H groups in total. The van der Waals surface area contributed by atoms with E-state index in [9.17, 15) is 14.4 Å². The average molecular weight is 319 g/mol. The van der Waals surface area contributed by atoms with Crippen LogP contribution in [0.15, 0.2) is 16.9 Å². The van der Waals surface area contributed by atoms with Crippen LogP contribution < -0.4 is 10.9 Å². The Hall–Kier alpha value is -2.15. The second-order valence-corrected chi connectivity index (χ2v) is 6.33. The molecule has 0 aliphatic carbocycles. The second kappa shape index (κ2) is 5.81. The predicted molar refractivity (Wildman–Crippen MR) is 83.1 cm³/mol. The van der Waals surface area contributed by atoms with E-state index in [4.69, 9.17) is 4.74 Å². The summed E-state index contributed by atoms with van der Waals surface area (Å²) in [6.45, 7) is 3.49. The molecule has 0 bridgehead atoms. The summed E-state index contributed by atoms with van der Waals surface area (Å²) in [4.78, 5) is 41.4. The lowest BCUT2D eigenvalue weighted by Gasteiger charge is -2.36. The number of aryl methyl sites for hydroxylation is 1. The summed E-state index contributed by atoms with van der Waals surface area (Å²) in [5.41, 5.74) is -0.186. The molecule has 0 radical (unpaired) electrons. The zero-order valence-electron chi connectivity index (χ0n) is 13.3. The smallest absolute Gasteiger partial charge is 0.260 e. The molecule has 7 heteroatoms. The highest BCUT2D eigenvalue weighted by Crippen LogP contribution is 2.42. The minimum Gasteiger partial charge on any atom is -0.381 e. The lowest BCUT2D eigenvalue weighted by atomic mass is 9.73. The first-order chi connectivity index (χ1) is 11.0. The zero-order chi connectivity index (χ0) is 16.6. The van der Waals surface area contributed by atoms with Crippen LogP contribution in [-0.2, 0) is 9.53 Å². The van der Waals surface area contributed by atoms with Crippen LogP contribution >= 0.6 is 0 Å². The Morgan fingerprint density at radius 1 is 1.43 bits per heavy atom.